The summed E-state index contributed by atoms with van der Waals surface area (Å²) in [7, 11) is 0.0213. The highest BCUT2D eigenvalue weighted by Crippen LogP contribution is 2.23. The molecule has 0 amide bonds. The van der Waals surface area contributed by atoms with Crippen LogP contribution >= 0.6 is 0 Å². The Morgan fingerprint density at radius 2 is 1.67 bits per heavy atom. The molecule has 0 spiro atoms. The van der Waals surface area contributed by atoms with Crippen molar-refractivity contribution < 1.29 is 8.85 Å². The summed E-state index contributed by atoms with van der Waals surface area (Å²) in [5.41, 5.74) is 0. The minimum atomic E-state index is 0.0213. The molecule has 0 fully saturated rings. The number of fused-ring (bicyclic) bond motifs is 1. The smallest absolute Gasteiger partial charge is 0.490 e. The average Bonchev–Trinajstić information content (AvgIpc) is 2.33. The van der Waals surface area contributed by atoms with Crippen molar-refractivity contribution in [3.8, 4) is 11.8 Å². The SMILES string of the molecule is c1cnc2c(n1)O[Si]O2. The van der Waals surface area contributed by atoms with Crippen molar-refractivity contribution >= 4 is 10.0 Å². The van der Waals surface area contributed by atoms with Crippen LogP contribution in [0.2, 0.25) is 0 Å². The number of aromatic nitrogens is 2. The van der Waals surface area contributed by atoms with Crippen LogP contribution in [-0.2, 0) is 0 Å². The topological polar surface area (TPSA) is 44.2 Å². The maximum Gasteiger partial charge on any atom is 0.612 e. The molecule has 0 saturated carbocycles. The lowest BCUT2D eigenvalue weighted by atomic mass is 10.7. The molecule has 5 heteroatoms. The molecule has 0 atom stereocenters. The summed E-state index contributed by atoms with van der Waals surface area (Å²) in [6.07, 6.45) is 3.13. The van der Waals surface area contributed by atoms with Gasteiger partial charge in [0, 0.05) is 12.4 Å². The molecule has 0 aromatic carbocycles. The van der Waals surface area contributed by atoms with Gasteiger partial charge in [0.25, 0.3) is 11.8 Å². The quantitative estimate of drug-likeness (QED) is 0.465. The summed E-state index contributed by atoms with van der Waals surface area (Å²) in [5, 5.41) is 0. The normalized spacial score (nSPS) is 13.8. The van der Waals surface area contributed by atoms with Gasteiger partial charge in [0.05, 0.1) is 0 Å². The zero-order valence-electron chi connectivity index (χ0n) is 4.37. The van der Waals surface area contributed by atoms with Crippen LogP contribution in [-0.4, -0.2) is 20.0 Å². The standard InChI is InChI=1S/C4H2N2O2Si/c1-2-6-4-3(5-1)7-9-8-4/h1-2H. The molecule has 1 aromatic rings. The molecule has 9 heavy (non-hydrogen) atoms. The molecule has 0 N–H and O–H groups in total. The van der Waals surface area contributed by atoms with Crippen LogP contribution in [0.5, 0.6) is 11.8 Å². The fourth-order valence-corrected chi connectivity index (χ4v) is 1.03. The van der Waals surface area contributed by atoms with Gasteiger partial charge in [0.15, 0.2) is 0 Å². The molecule has 0 aliphatic carbocycles. The maximum absolute atomic E-state index is 4.93. The van der Waals surface area contributed by atoms with Gasteiger partial charge in [-0.2, -0.15) is 0 Å². The minimum absolute atomic E-state index is 0.0213. The van der Waals surface area contributed by atoms with Crippen molar-refractivity contribution in [2.75, 3.05) is 0 Å². The molecule has 2 heterocycles. The van der Waals surface area contributed by atoms with E-state index >= 15 is 0 Å². The van der Waals surface area contributed by atoms with Gasteiger partial charge in [-0.15, -0.1) is 0 Å². The molecule has 0 unspecified atom stereocenters. The van der Waals surface area contributed by atoms with E-state index in [-0.39, 0.29) is 10.0 Å². The third kappa shape index (κ3) is 0.654. The van der Waals surface area contributed by atoms with Gasteiger partial charge in [0.2, 0.25) is 0 Å². The molecule has 2 rings (SSSR count). The molecule has 0 bridgehead atoms. The van der Waals surface area contributed by atoms with Gasteiger partial charge in [-0.1, -0.05) is 0 Å². The van der Waals surface area contributed by atoms with Crippen molar-refractivity contribution in [3.63, 3.8) is 0 Å². The summed E-state index contributed by atoms with van der Waals surface area (Å²) in [5.74, 6) is 0.992. The van der Waals surface area contributed by atoms with Gasteiger partial charge in [-0.25, -0.2) is 9.97 Å². The first-order valence-corrected chi connectivity index (χ1v) is 3.18. The molecule has 2 radical (unpaired) electrons. The first-order chi connectivity index (χ1) is 4.47. The van der Waals surface area contributed by atoms with E-state index in [4.69, 9.17) is 8.85 Å². The fraction of sp³-hybridized carbons (Fsp3) is 0. The van der Waals surface area contributed by atoms with Crippen LogP contribution in [0.4, 0.5) is 0 Å². The van der Waals surface area contributed by atoms with Crippen LogP contribution in [0.1, 0.15) is 0 Å². The van der Waals surface area contributed by atoms with Crippen molar-refractivity contribution in [2.24, 2.45) is 0 Å². The Hall–Kier alpha value is -1.10. The number of hydrogen-bond acceptors (Lipinski definition) is 4. The highest BCUT2D eigenvalue weighted by molar-refractivity contribution is 6.22. The van der Waals surface area contributed by atoms with E-state index in [1.54, 1.807) is 12.4 Å². The molecule has 0 saturated heterocycles. The Balaban J connectivity index is 2.54. The third-order valence-corrected chi connectivity index (χ3v) is 1.46. The van der Waals surface area contributed by atoms with Crippen LogP contribution in [0.15, 0.2) is 12.4 Å². The predicted molar refractivity (Wildman–Crippen MR) is 29.0 cm³/mol. The van der Waals surface area contributed by atoms with E-state index < -0.39 is 0 Å². The molecule has 1 aliphatic heterocycles. The maximum atomic E-state index is 4.93. The van der Waals surface area contributed by atoms with Gasteiger partial charge >= 0.3 is 10.0 Å². The first kappa shape index (κ1) is 4.75. The first-order valence-electron chi connectivity index (χ1n) is 2.36. The highest BCUT2D eigenvalue weighted by Gasteiger charge is 2.17. The van der Waals surface area contributed by atoms with Crippen molar-refractivity contribution in [3.05, 3.63) is 12.4 Å². The van der Waals surface area contributed by atoms with Crippen molar-refractivity contribution in [1.29, 1.82) is 0 Å². The second kappa shape index (κ2) is 1.69. The highest BCUT2D eigenvalue weighted by atomic mass is 28.3. The summed E-state index contributed by atoms with van der Waals surface area (Å²) >= 11 is 0. The number of rotatable bonds is 0. The second-order valence-electron chi connectivity index (χ2n) is 1.45. The van der Waals surface area contributed by atoms with E-state index in [0.717, 1.165) is 0 Å². The zero-order chi connectivity index (χ0) is 6.10. The Morgan fingerprint density at radius 3 is 2.22 bits per heavy atom. The second-order valence-corrected chi connectivity index (χ2v) is 2.03. The van der Waals surface area contributed by atoms with E-state index in [2.05, 4.69) is 9.97 Å². The minimum Gasteiger partial charge on any atom is -0.490 e. The van der Waals surface area contributed by atoms with Crippen molar-refractivity contribution in [2.45, 2.75) is 0 Å². The van der Waals surface area contributed by atoms with Crippen LogP contribution in [0.25, 0.3) is 0 Å². The fourth-order valence-electron chi connectivity index (χ4n) is 0.552. The monoisotopic (exact) mass is 138 g/mol. The van der Waals surface area contributed by atoms with E-state index in [9.17, 15) is 0 Å². The molecule has 1 aliphatic rings. The Bertz CT molecular complexity index is 207. The van der Waals surface area contributed by atoms with Crippen LogP contribution < -0.4 is 8.85 Å². The molecule has 44 valence electrons. The van der Waals surface area contributed by atoms with Gasteiger partial charge in [-0.3, -0.25) is 0 Å². The molecule has 4 nitrogen and oxygen atoms in total. The van der Waals surface area contributed by atoms with Gasteiger partial charge < -0.3 is 8.85 Å². The van der Waals surface area contributed by atoms with Gasteiger partial charge in [-0.05, 0) is 0 Å². The summed E-state index contributed by atoms with van der Waals surface area (Å²) in [4.78, 5) is 7.71. The lowest BCUT2D eigenvalue weighted by Crippen LogP contribution is -2.00. The lowest BCUT2D eigenvalue weighted by molar-refractivity contribution is 0.529. The Morgan fingerprint density at radius 1 is 1.11 bits per heavy atom. The molecular formula is C4H2N2O2Si. The molecular weight excluding hydrogens is 136 g/mol. The lowest BCUT2D eigenvalue weighted by Gasteiger charge is -1.89. The summed E-state index contributed by atoms with van der Waals surface area (Å²) in [6.45, 7) is 0. The summed E-state index contributed by atoms with van der Waals surface area (Å²) in [6, 6.07) is 0. The van der Waals surface area contributed by atoms with E-state index in [1.165, 1.54) is 0 Å². The Labute approximate surface area is 53.9 Å². The van der Waals surface area contributed by atoms with E-state index in [1.807, 2.05) is 0 Å². The number of hydrogen-bond donors (Lipinski definition) is 0. The zero-order valence-corrected chi connectivity index (χ0v) is 5.37. The average molecular weight is 138 g/mol. The predicted octanol–water partition coefficient (Wildman–Crippen LogP) is -0.218. The Kier molecular flexibility index (Phi) is 0.893. The molecule has 1 aromatic heterocycles. The largest absolute Gasteiger partial charge is 0.612 e. The van der Waals surface area contributed by atoms with Crippen LogP contribution in [0.3, 0.4) is 0 Å². The number of nitrogens with zero attached hydrogens (tertiary/aromatic N) is 2. The van der Waals surface area contributed by atoms with E-state index in [0.29, 0.717) is 11.8 Å². The summed E-state index contributed by atoms with van der Waals surface area (Å²) < 4.78 is 9.86. The van der Waals surface area contributed by atoms with Gasteiger partial charge in [0.1, 0.15) is 0 Å². The van der Waals surface area contributed by atoms with Crippen LogP contribution in [0, 0.1) is 0 Å². The van der Waals surface area contributed by atoms with Crippen molar-refractivity contribution in [1.82, 2.24) is 9.97 Å². The third-order valence-electron chi connectivity index (χ3n) is 0.910.